The van der Waals surface area contributed by atoms with Crippen molar-refractivity contribution in [3.8, 4) is 0 Å². The summed E-state index contributed by atoms with van der Waals surface area (Å²) in [6.45, 7) is 2.72. The summed E-state index contributed by atoms with van der Waals surface area (Å²) in [5, 5.41) is 5.77. The van der Waals surface area contributed by atoms with Gasteiger partial charge in [0.25, 0.3) is 0 Å². The summed E-state index contributed by atoms with van der Waals surface area (Å²) in [4.78, 5) is 24.4. The maximum absolute atomic E-state index is 11.6. The van der Waals surface area contributed by atoms with Crippen molar-refractivity contribution in [3.05, 3.63) is 29.8 Å². The van der Waals surface area contributed by atoms with Gasteiger partial charge in [-0.1, -0.05) is 12.1 Å². The van der Waals surface area contributed by atoms with Crippen LogP contribution in [0.25, 0.3) is 0 Å². The Morgan fingerprint density at radius 1 is 1.32 bits per heavy atom. The molecule has 0 aliphatic carbocycles. The first-order valence-electron chi connectivity index (χ1n) is 6.28. The lowest BCUT2D eigenvalue weighted by molar-refractivity contribution is -0.128. The number of nitrogens with one attached hydrogen (secondary N) is 2. The van der Waals surface area contributed by atoms with Crippen molar-refractivity contribution in [2.45, 2.75) is 19.9 Å². The molecule has 1 aromatic rings. The summed E-state index contributed by atoms with van der Waals surface area (Å²) in [7, 11) is 3.56. The SMILES string of the molecule is CNCCC(=O)Nc1cccc(CN(C)C(C)=O)c1. The van der Waals surface area contributed by atoms with Crippen LogP contribution in [0, 0.1) is 0 Å². The minimum absolute atomic E-state index is 0.0171. The molecule has 5 heteroatoms. The van der Waals surface area contributed by atoms with Crippen molar-refractivity contribution in [1.29, 1.82) is 0 Å². The van der Waals surface area contributed by atoms with Gasteiger partial charge in [0.15, 0.2) is 0 Å². The zero-order valence-corrected chi connectivity index (χ0v) is 11.7. The lowest BCUT2D eigenvalue weighted by Crippen LogP contribution is -2.23. The molecule has 0 heterocycles. The van der Waals surface area contributed by atoms with E-state index in [2.05, 4.69) is 10.6 Å². The lowest BCUT2D eigenvalue weighted by Gasteiger charge is -2.15. The van der Waals surface area contributed by atoms with E-state index in [-0.39, 0.29) is 11.8 Å². The fraction of sp³-hybridized carbons (Fsp3) is 0.429. The number of carbonyl (C=O) groups excluding carboxylic acids is 2. The molecule has 0 aliphatic rings. The first-order valence-corrected chi connectivity index (χ1v) is 6.28. The molecule has 104 valence electrons. The number of hydrogen-bond donors (Lipinski definition) is 2. The van der Waals surface area contributed by atoms with E-state index in [0.717, 1.165) is 11.3 Å². The molecule has 0 fully saturated rings. The zero-order valence-electron chi connectivity index (χ0n) is 11.7. The van der Waals surface area contributed by atoms with Gasteiger partial charge in [-0.25, -0.2) is 0 Å². The minimum Gasteiger partial charge on any atom is -0.342 e. The predicted octanol–water partition coefficient (Wildman–Crippen LogP) is 1.21. The zero-order chi connectivity index (χ0) is 14.3. The minimum atomic E-state index is -0.0218. The molecule has 0 radical (unpaired) electrons. The summed E-state index contributed by atoms with van der Waals surface area (Å²) in [5.74, 6) is -0.00474. The van der Waals surface area contributed by atoms with E-state index in [1.807, 2.05) is 31.3 Å². The number of carbonyl (C=O) groups is 2. The van der Waals surface area contributed by atoms with Crippen LogP contribution in [-0.4, -0.2) is 37.4 Å². The highest BCUT2D eigenvalue weighted by molar-refractivity contribution is 5.90. The Kier molecular flexibility index (Phi) is 6.02. The summed E-state index contributed by atoms with van der Waals surface area (Å²) < 4.78 is 0. The highest BCUT2D eigenvalue weighted by Gasteiger charge is 2.05. The van der Waals surface area contributed by atoms with Crippen LogP contribution in [0.3, 0.4) is 0 Å². The Morgan fingerprint density at radius 2 is 2.05 bits per heavy atom. The van der Waals surface area contributed by atoms with Gasteiger partial charge in [-0.3, -0.25) is 9.59 Å². The smallest absolute Gasteiger partial charge is 0.225 e. The molecule has 0 aliphatic heterocycles. The second kappa shape index (κ2) is 7.53. The summed E-state index contributed by atoms with van der Waals surface area (Å²) in [6, 6.07) is 7.53. The van der Waals surface area contributed by atoms with Gasteiger partial charge in [-0.05, 0) is 24.7 Å². The van der Waals surface area contributed by atoms with E-state index < -0.39 is 0 Å². The van der Waals surface area contributed by atoms with Crippen molar-refractivity contribution >= 4 is 17.5 Å². The Morgan fingerprint density at radius 3 is 2.68 bits per heavy atom. The Labute approximate surface area is 114 Å². The Balaban J connectivity index is 2.61. The van der Waals surface area contributed by atoms with E-state index in [9.17, 15) is 9.59 Å². The van der Waals surface area contributed by atoms with Crippen molar-refractivity contribution in [2.24, 2.45) is 0 Å². The molecular weight excluding hydrogens is 242 g/mol. The summed E-state index contributed by atoms with van der Waals surface area (Å²) >= 11 is 0. The van der Waals surface area contributed by atoms with E-state index in [1.165, 1.54) is 6.92 Å². The second-order valence-electron chi connectivity index (χ2n) is 4.48. The van der Waals surface area contributed by atoms with Crippen LogP contribution >= 0.6 is 0 Å². The van der Waals surface area contributed by atoms with Gasteiger partial charge in [-0.15, -0.1) is 0 Å². The third-order valence-electron chi connectivity index (χ3n) is 2.77. The number of nitrogens with zero attached hydrogens (tertiary/aromatic N) is 1. The van der Waals surface area contributed by atoms with Crippen LogP contribution in [0.4, 0.5) is 5.69 Å². The predicted molar refractivity (Wildman–Crippen MR) is 75.8 cm³/mol. The molecule has 0 atom stereocenters. The van der Waals surface area contributed by atoms with Crippen LogP contribution in [0.1, 0.15) is 18.9 Å². The normalized spacial score (nSPS) is 10.1. The van der Waals surface area contributed by atoms with Gasteiger partial charge < -0.3 is 15.5 Å². The quantitative estimate of drug-likeness (QED) is 0.811. The number of anilines is 1. The van der Waals surface area contributed by atoms with Crippen molar-refractivity contribution in [3.63, 3.8) is 0 Å². The van der Waals surface area contributed by atoms with Crippen molar-refractivity contribution in [2.75, 3.05) is 26.0 Å². The average Bonchev–Trinajstić information content (AvgIpc) is 2.36. The number of hydrogen-bond acceptors (Lipinski definition) is 3. The Hall–Kier alpha value is -1.88. The second-order valence-corrected chi connectivity index (χ2v) is 4.48. The molecule has 19 heavy (non-hydrogen) atoms. The molecule has 0 unspecified atom stereocenters. The molecule has 0 saturated carbocycles. The molecule has 1 aromatic carbocycles. The highest BCUT2D eigenvalue weighted by Crippen LogP contribution is 2.12. The molecule has 0 bridgehead atoms. The number of benzene rings is 1. The third-order valence-corrected chi connectivity index (χ3v) is 2.77. The molecule has 2 amide bonds. The van der Waals surface area contributed by atoms with Crippen LogP contribution in [0.2, 0.25) is 0 Å². The number of rotatable bonds is 6. The fourth-order valence-corrected chi connectivity index (χ4v) is 1.59. The molecular formula is C14H21N3O2. The molecule has 0 spiro atoms. The topological polar surface area (TPSA) is 61.4 Å². The summed E-state index contributed by atoms with van der Waals surface area (Å²) in [5.41, 5.74) is 1.75. The van der Waals surface area contributed by atoms with Crippen LogP contribution in [-0.2, 0) is 16.1 Å². The average molecular weight is 263 g/mol. The fourth-order valence-electron chi connectivity index (χ4n) is 1.59. The first kappa shape index (κ1) is 15.2. The van der Waals surface area contributed by atoms with Gasteiger partial charge in [-0.2, -0.15) is 0 Å². The van der Waals surface area contributed by atoms with E-state index >= 15 is 0 Å². The van der Waals surface area contributed by atoms with E-state index in [1.54, 1.807) is 11.9 Å². The Bertz CT molecular complexity index is 446. The van der Waals surface area contributed by atoms with E-state index in [4.69, 9.17) is 0 Å². The first-order chi connectivity index (χ1) is 9.02. The molecule has 2 N–H and O–H groups in total. The van der Waals surface area contributed by atoms with Gasteiger partial charge in [0, 0.05) is 39.2 Å². The van der Waals surface area contributed by atoms with Crippen molar-refractivity contribution < 1.29 is 9.59 Å². The van der Waals surface area contributed by atoms with Gasteiger partial charge in [0.05, 0.1) is 0 Å². The van der Waals surface area contributed by atoms with Gasteiger partial charge >= 0.3 is 0 Å². The van der Waals surface area contributed by atoms with Crippen molar-refractivity contribution in [1.82, 2.24) is 10.2 Å². The maximum Gasteiger partial charge on any atom is 0.225 e. The van der Waals surface area contributed by atoms with E-state index in [0.29, 0.717) is 19.5 Å². The van der Waals surface area contributed by atoms with Crippen LogP contribution in [0.5, 0.6) is 0 Å². The monoisotopic (exact) mass is 263 g/mol. The standard InChI is InChI=1S/C14H21N3O2/c1-11(18)17(3)10-12-5-4-6-13(9-12)16-14(19)7-8-15-2/h4-6,9,15H,7-8,10H2,1-3H3,(H,16,19). The summed E-state index contributed by atoms with van der Waals surface area (Å²) in [6.07, 6.45) is 0.439. The third kappa shape index (κ3) is 5.52. The molecule has 1 rings (SSSR count). The number of amides is 2. The highest BCUT2D eigenvalue weighted by atomic mass is 16.2. The maximum atomic E-state index is 11.6. The molecule has 0 saturated heterocycles. The van der Waals surface area contributed by atoms with Gasteiger partial charge in [0.1, 0.15) is 0 Å². The largest absolute Gasteiger partial charge is 0.342 e. The van der Waals surface area contributed by atoms with Crippen LogP contribution < -0.4 is 10.6 Å². The molecule has 0 aromatic heterocycles. The molecule has 5 nitrogen and oxygen atoms in total. The lowest BCUT2D eigenvalue weighted by atomic mass is 10.2. The van der Waals surface area contributed by atoms with Gasteiger partial charge in [0.2, 0.25) is 11.8 Å². The van der Waals surface area contributed by atoms with Crippen LogP contribution in [0.15, 0.2) is 24.3 Å².